The molecule has 1 N–H and O–H groups in total. The van der Waals surface area contributed by atoms with Crippen molar-refractivity contribution in [3.63, 3.8) is 0 Å². The van der Waals surface area contributed by atoms with Crippen molar-refractivity contribution in [2.75, 3.05) is 32.8 Å². The predicted molar refractivity (Wildman–Crippen MR) is 119 cm³/mol. The van der Waals surface area contributed by atoms with Crippen molar-refractivity contribution in [3.05, 3.63) is 58.1 Å². The number of hydrogen-bond acceptors (Lipinski definition) is 4. The first kappa shape index (κ1) is 23.8. The molecule has 0 fully saturated rings. The summed E-state index contributed by atoms with van der Waals surface area (Å²) in [6.45, 7) is 7.71. The van der Waals surface area contributed by atoms with Gasteiger partial charge in [0, 0.05) is 25.6 Å². The number of rotatable bonds is 11. The molecule has 0 amide bonds. The van der Waals surface area contributed by atoms with Crippen LogP contribution in [0.15, 0.2) is 36.4 Å². The Morgan fingerprint density at radius 2 is 1.66 bits per heavy atom. The highest BCUT2D eigenvalue weighted by Crippen LogP contribution is 2.37. The second kappa shape index (κ2) is 11.1. The minimum Gasteiger partial charge on any atom is -0.492 e. The highest BCUT2D eigenvalue weighted by Gasteiger charge is 2.25. The van der Waals surface area contributed by atoms with Crippen molar-refractivity contribution in [1.82, 2.24) is 0 Å². The Hall–Kier alpha value is -1.46. The van der Waals surface area contributed by atoms with Gasteiger partial charge in [0.1, 0.15) is 24.2 Å². The zero-order valence-corrected chi connectivity index (χ0v) is 19.0. The van der Waals surface area contributed by atoms with Gasteiger partial charge in [-0.05, 0) is 41.8 Å². The summed E-state index contributed by atoms with van der Waals surface area (Å²) in [5, 5.41) is 10.2. The van der Waals surface area contributed by atoms with Crippen LogP contribution in [0.25, 0.3) is 0 Å². The molecule has 2 aromatic rings. The first-order chi connectivity index (χ1) is 13.8. The molecule has 0 heterocycles. The van der Waals surface area contributed by atoms with Crippen LogP contribution in [-0.4, -0.2) is 44.0 Å². The van der Waals surface area contributed by atoms with Crippen LogP contribution in [0.2, 0.25) is 5.02 Å². The van der Waals surface area contributed by atoms with E-state index in [-0.39, 0.29) is 17.9 Å². The van der Waals surface area contributed by atoms with Crippen LogP contribution in [0.4, 0.5) is 0 Å². The third kappa shape index (κ3) is 6.51. The monoisotopic (exact) mass is 440 g/mol. The van der Waals surface area contributed by atoms with E-state index in [1.165, 1.54) is 0 Å². The number of hydrogen-bond donors (Lipinski definition) is 1. The first-order valence-corrected chi connectivity index (χ1v) is 10.6. The molecule has 0 saturated carbocycles. The number of aliphatic hydroxyl groups is 1. The van der Waals surface area contributed by atoms with Gasteiger partial charge in [0.2, 0.25) is 0 Å². The molecule has 1 atom stereocenters. The lowest BCUT2D eigenvalue weighted by Gasteiger charge is -2.27. The molecular weight excluding hydrogens is 411 g/mol. The van der Waals surface area contributed by atoms with E-state index in [9.17, 15) is 5.11 Å². The number of alkyl halides is 1. The van der Waals surface area contributed by atoms with Crippen molar-refractivity contribution in [2.24, 2.45) is 0 Å². The van der Waals surface area contributed by atoms with Crippen LogP contribution in [0.5, 0.6) is 11.5 Å². The summed E-state index contributed by atoms with van der Waals surface area (Å²) >= 11 is 12.1. The van der Waals surface area contributed by atoms with Crippen LogP contribution in [0, 0.1) is 6.92 Å². The van der Waals surface area contributed by atoms with Crippen LogP contribution >= 0.6 is 23.2 Å². The molecule has 29 heavy (non-hydrogen) atoms. The van der Waals surface area contributed by atoms with E-state index in [4.69, 9.17) is 37.4 Å². The lowest BCUT2D eigenvalue weighted by Crippen LogP contribution is -2.20. The molecular formula is C23H30Cl2O4. The smallest absolute Gasteiger partial charge is 0.137 e. The van der Waals surface area contributed by atoms with Crippen molar-refractivity contribution in [3.8, 4) is 11.5 Å². The van der Waals surface area contributed by atoms with Crippen LogP contribution < -0.4 is 9.47 Å². The van der Waals surface area contributed by atoms with Crippen molar-refractivity contribution < 1.29 is 19.3 Å². The van der Waals surface area contributed by atoms with E-state index in [1.807, 2.05) is 37.3 Å². The zero-order chi connectivity index (χ0) is 21.4. The van der Waals surface area contributed by atoms with E-state index in [2.05, 4.69) is 19.9 Å². The molecule has 0 aliphatic heterocycles. The van der Waals surface area contributed by atoms with Gasteiger partial charge < -0.3 is 19.3 Å². The number of benzene rings is 2. The van der Waals surface area contributed by atoms with E-state index in [0.29, 0.717) is 24.0 Å². The highest BCUT2D eigenvalue weighted by molar-refractivity contribution is 6.32. The molecule has 0 aliphatic carbocycles. The Kier molecular flexibility index (Phi) is 9.09. The lowest BCUT2D eigenvalue weighted by molar-refractivity contribution is 0.125. The van der Waals surface area contributed by atoms with E-state index < -0.39 is 6.10 Å². The van der Waals surface area contributed by atoms with E-state index >= 15 is 0 Å². The SMILES string of the molecule is COCCCOc1ccc(C(C)(C)c2ccc(OCC(O)CCl)c(C)c2)cc1Cl. The second-order valence-corrected chi connectivity index (χ2v) is 8.28. The molecule has 0 spiro atoms. The van der Waals surface area contributed by atoms with Crippen LogP contribution in [-0.2, 0) is 10.2 Å². The maximum Gasteiger partial charge on any atom is 0.137 e. The van der Waals surface area contributed by atoms with E-state index in [1.54, 1.807) is 7.11 Å². The number of aryl methyl sites for hydroxylation is 1. The normalized spacial score (nSPS) is 12.7. The molecule has 6 heteroatoms. The molecule has 2 rings (SSSR count). The number of aliphatic hydroxyl groups excluding tert-OH is 1. The molecule has 0 saturated heterocycles. The average Bonchev–Trinajstić information content (AvgIpc) is 2.70. The van der Waals surface area contributed by atoms with Gasteiger partial charge in [0.05, 0.1) is 17.5 Å². The molecule has 0 radical (unpaired) electrons. The summed E-state index contributed by atoms with van der Waals surface area (Å²) in [7, 11) is 1.67. The standard InChI is InChI=1S/C23H30Cl2O4/c1-16-12-17(6-8-21(16)29-15-19(26)14-24)23(2,3)18-7-9-22(20(25)13-18)28-11-5-10-27-4/h6-9,12-13,19,26H,5,10-11,14-15H2,1-4H3. The van der Waals surface area contributed by atoms with Gasteiger partial charge in [-0.2, -0.15) is 0 Å². The van der Waals surface area contributed by atoms with Gasteiger partial charge in [-0.3, -0.25) is 0 Å². The maximum absolute atomic E-state index is 9.59. The Bertz CT molecular complexity index is 792. The van der Waals surface area contributed by atoms with Gasteiger partial charge in [0.25, 0.3) is 0 Å². The Labute approximate surface area is 183 Å². The average molecular weight is 441 g/mol. The third-order valence-corrected chi connectivity index (χ3v) is 5.56. The molecule has 4 nitrogen and oxygen atoms in total. The number of halogens is 2. The topological polar surface area (TPSA) is 47.9 Å². The fourth-order valence-electron chi connectivity index (χ4n) is 2.99. The fourth-order valence-corrected chi connectivity index (χ4v) is 3.31. The van der Waals surface area contributed by atoms with Gasteiger partial charge in [0.15, 0.2) is 0 Å². The van der Waals surface area contributed by atoms with Crippen LogP contribution in [0.3, 0.4) is 0 Å². The minimum atomic E-state index is -0.676. The first-order valence-electron chi connectivity index (χ1n) is 9.69. The number of methoxy groups -OCH3 is 1. The van der Waals surface area contributed by atoms with Crippen molar-refractivity contribution in [1.29, 1.82) is 0 Å². The maximum atomic E-state index is 9.59. The summed E-state index contributed by atoms with van der Waals surface area (Å²) in [6, 6.07) is 12.0. The summed E-state index contributed by atoms with van der Waals surface area (Å²) in [5.41, 5.74) is 2.99. The number of ether oxygens (including phenoxy) is 3. The molecule has 0 aromatic heterocycles. The zero-order valence-electron chi connectivity index (χ0n) is 17.5. The van der Waals surface area contributed by atoms with Gasteiger partial charge in [-0.25, -0.2) is 0 Å². The summed E-state index contributed by atoms with van der Waals surface area (Å²) in [5.74, 6) is 1.57. The molecule has 2 aromatic carbocycles. The van der Waals surface area contributed by atoms with Crippen molar-refractivity contribution >= 4 is 23.2 Å². The fraction of sp³-hybridized carbons (Fsp3) is 0.478. The quantitative estimate of drug-likeness (QED) is 0.376. The summed E-state index contributed by atoms with van der Waals surface area (Å²) in [4.78, 5) is 0. The Morgan fingerprint density at radius 1 is 1.00 bits per heavy atom. The Morgan fingerprint density at radius 3 is 2.24 bits per heavy atom. The molecule has 0 bridgehead atoms. The third-order valence-electron chi connectivity index (χ3n) is 4.91. The van der Waals surface area contributed by atoms with Gasteiger partial charge in [-0.1, -0.05) is 43.6 Å². The highest BCUT2D eigenvalue weighted by atomic mass is 35.5. The largest absolute Gasteiger partial charge is 0.492 e. The van der Waals surface area contributed by atoms with E-state index in [0.717, 1.165) is 28.9 Å². The van der Waals surface area contributed by atoms with Gasteiger partial charge >= 0.3 is 0 Å². The molecule has 0 aliphatic rings. The Balaban J connectivity index is 2.15. The van der Waals surface area contributed by atoms with Crippen LogP contribution in [0.1, 0.15) is 37.0 Å². The minimum absolute atomic E-state index is 0.150. The second-order valence-electron chi connectivity index (χ2n) is 7.56. The van der Waals surface area contributed by atoms with Gasteiger partial charge in [-0.15, -0.1) is 11.6 Å². The molecule has 160 valence electrons. The summed E-state index contributed by atoms with van der Waals surface area (Å²) in [6.07, 6.45) is 0.139. The molecule has 1 unspecified atom stereocenters. The summed E-state index contributed by atoms with van der Waals surface area (Å²) < 4.78 is 16.4. The van der Waals surface area contributed by atoms with Crippen molar-refractivity contribution in [2.45, 2.75) is 38.7 Å². The predicted octanol–water partition coefficient (Wildman–Crippen LogP) is 5.37. The lowest BCUT2D eigenvalue weighted by atomic mass is 9.77.